The third kappa shape index (κ3) is 4.28. The zero-order chi connectivity index (χ0) is 14.2. The summed E-state index contributed by atoms with van der Waals surface area (Å²) in [5, 5.41) is 5.69. The van der Waals surface area contributed by atoms with Gasteiger partial charge in [0.2, 0.25) is 0 Å². The molecule has 5 heteroatoms. The van der Waals surface area contributed by atoms with E-state index in [0.29, 0.717) is 6.54 Å². The Hall–Kier alpha value is -2.01. The number of urea groups is 1. The van der Waals surface area contributed by atoms with Crippen LogP contribution in [0, 0.1) is 0 Å². The van der Waals surface area contributed by atoms with Crippen molar-refractivity contribution in [3.8, 4) is 0 Å². The average Bonchev–Trinajstić information content (AvgIpc) is 2.49. The van der Waals surface area contributed by atoms with E-state index in [1.54, 1.807) is 24.2 Å². The number of benzene rings is 1. The SMILES string of the molecule is CCSc1ccccc1NC(=O)NCc1cccnc1. The molecule has 0 saturated heterocycles. The summed E-state index contributed by atoms with van der Waals surface area (Å²) < 4.78 is 0. The number of pyridine rings is 1. The van der Waals surface area contributed by atoms with Gasteiger partial charge in [-0.25, -0.2) is 4.79 Å². The number of aromatic nitrogens is 1. The van der Waals surface area contributed by atoms with E-state index in [-0.39, 0.29) is 6.03 Å². The van der Waals surface area contributed by atoms with E-state index in [9.17, 15) is 4.79 Å². The van der Waals surface area contributed by atoms with Crippen LogP contribution in [0.3, 0.4) is 0 Å². The van der Waals surface area contributed by atoms with E-state index >= 15 is 0 Å². The predicted octanol–water partition coefficient (Wildman–Crippen LogP) is 3.52. The normalized spacial score (nSPS) is 10.1. The van der Waals surface area contributed by atoms with Crippen LogP contribution in [0.2, 0.25) is 0 Å². The van der Waals surface area contributed by atoms with Crippen LogP contribution in [-0.4, -0.2) is 16.8 Å². The summed E-state index contributed by atoms with van der Waals surface area (Å²) in [4.78, 5) is 17.0. The maximum atomic E-state index is 11.9. The first-order valence-electron chi connectivity index (χ1n) is 6.45. The van der Waals surface area contributed by atoms with Gasteiger partial charge >= 0.3 is 6.03 Å². The summed E-state index contributed by atoms with van der Waals surface area (Å²) in [6.07, 6.45) is 3.45. The Kier molecular flexibility index (Phi) is 5.43. The van der Waals surface area contributed by atoms with Gasteiger partial charge in [-0.05, 0) is 29.5 Å². The standard InChI is InChI=1S/C15H17N3OS/c1-2-20-14-8-4-3-7-13(14)18-15(19)17-11-12-6-5-9-16-10-12/h3-10H,2,11H2,1H3,(H2,17,18,19). The lowest BCUT2D eigenvalue weighted by Gasteiger charge is -2.11. The summed E-state index contributed by atoms with van der Waals surface area (Å²) in [7, 11) is 0. The minimum absolute atomic E-state index is 0.210. The zero-order valence-corrected chi connectivity index (χ0v) is 12.1. The van der Waals surface area contributed by atoms with Crippen LogP contribution in [0.5, 0.6) is 0 Å². The topological polar surface area (TPSA) is 54.0 Å². The highest BCUT2D eigenvalue weighted by Crippen LogP contribution is 2.26. The van der Waals surface area contributed by atoms with E-state index in [4.69, 9.17) is 0 Å². The van der Waals surface area contributed by atoms with Gasteiger partial charge < -0.3 is 10.6 Å². The molecule has 4 nitrogen and oxygen atoms in total. The molecule has 20 heavy (non-hydrogen) atoms. The molecule has 0 radical (unpaired) electrons. The lowest BCUT2D eigenvalue weighted by molar-refractivity contribution is 0.251. The predicted molar refractivity (Wildman–Crippen MR) is 82.9 cm³/mol. The molecular weight excluding hydrogens is 270 g/mol. The average molecular weight is 287 g/mol. The third-order valence-corrected chi connectivity index (χ3v) is 3.57. The fraction of sp³-hybridized carbons (Fsp3) is 0.200. The van der Waals surface area contributed by atoms with Crippen molar-refractivity contribution in [2.45, 2.75) is 18.4 Å². The molecule has 1 aromatic heterocycles. The second kappa shape index (κ2) is 7.55. The first-order chi connectivity index (χ1) is 9.79. The summed E-state index contributed by atoms with van der Waals surface area (Å²) in [6, 6.07) is 11.4. The lowest BCUT2D eigenvalue weighted by atomic mass is 10.3. The van der Waals surface area contributed by atoms with Crippen molar-refractivity contribution in [1.82, 2.24) is 10.3 Å². The van der Waals surface area contributed by atoms with Gasteiger partial charge in [0.1, 0.15) is 0 Å². The molecule has 0 fully saturated rings. The molecule has 0 aliphatic carbocycles. The highest BCUT2D eigenvalue weighted by Gasteiger charge is 2.05. The number of carbonyl (C=O) groups is 1. The maximum absolute atomic E-state index is 11.9. The Balaban J connectivity index is 1.91. The fourth-order valence-electron chi connectivity index (χ4n) is 1.70. The molecule has 0 aliphatic heterocycles. The van der Waals surface area contributed by atoms with Gasteiger partial charge in [0.15, 0.2) is 0 Å². The molecule has 2 N–H and O–H groups in total. The number of nitrogens with zero attached hydrogens (tertiary/aromatic N) is 1. The molecule has 2 rings (SSSR count). The first-order valence-corrected chi connectivity index (χ1v) is 7.43. The monoisotopic (exact) mass is 287 g/mol. The van der Waals surface area contributed by atoms with Crippen LogP contribution >= 0.6 is 11.8 Å². The lowest BCUT2D eigenvalue weighted by Crippen LogP contribution is -2.28. The molecule has 0 aliphatic rings. The Morgan fingerprint density at radius 3 is 2.85 bits per heavy atom. The third-order valence-electron chi connectivity index (χ3n) is 2.61. The van der Waals surface area contributed by atoms with Gasteiger partial charge in [-0.15, -0.1) is 11.8 Å². The van der Waals surface area contributed by atoms with Gasteiger partial charge in [0.05, 0.1) is 5.69 Å². The summed E-state index contributed by atoms with van der Waals surface area (Å²) >= 11 is 1.71. The zero-order valence-electron chi connectivity index (χ0n) is 11.3. The van der Waals surface area contributed by atoms with E-state index in [0.717, 1.165) is 21.9 Å². The number of para-hydroxylation sites is 1. The number of thioether (sulfide) groups is 1. The molecule has 0 unspecified atom stereocenters. The summed E-state index contributed by atoms with van der Waals surface area (Å²) in [5.41, 5.74) is 1.81. The van der Waals surface area contributed by atoms with Gasteiger partial charge in [-0.1, -0.05) is 25.1 Å². The second-order valence-corrected chi connectivity index (χ2v) is 5.40. The van der Waals surface area contributed by atoms with Gasteiger partial charge in [0.25, 0.3) is 0 Å². The van der Waals surface area contributed by atoms with E-state index in [1.165, 1.54) is 0 Å². The number of hydrogen-bond donors (Lipinski definition) is 2. The highest BCUT2D eigenvalue weighted by atomic mass is 32.2. The fourth-order valence-corrected chi connectivity index (χ4v) is 2.46. The summed E-state index contributed by atoms with van der Waals surface area (Å²) in [5.74, 6) is 0.968. The van der Waals surface area contributed by atoms with Gasteiger partial charge in [0, 0.05) is 23.8 Å². The van der Waals surface area contributed by atoms with E-state index in [1.807, 2.05) is 36.4 Å². The van der Waals surface area contributed by atoms with Crippen molar-refractivity contribution in [1.29, 1.82) is 0 Å². The highest BCUT2D eigenvalue weighted by molar-refractivity contribution is 7.99. The number of rotatable bonds is 5. The van der Waals surface area contributed by atoms with Crippen molar-refractivity contribution in [2.24, 2.45) is 0 Å². The first kappa shape index (κ1) is 14.4. The minimum atomic E-state index is -0.210. The maximum Gasteiger partial charge on any atom is 0.319 e. The molecule has 2 aromatic rings. The molecular formula is C15H17N3OS. The van der Waals surface area contributed by atoms with Crippen molar-refractivity contribution < 1.29 is 4.79 Å². The number of hydrogen-bond acceptors (Lipinski definition) is 3. The molecule has 0 saturated carbocycles. The Morgan fingerprint density at radius 1 is 1.25 bits per heavy atom. The molecule has 104 valence electrons. The minimum Gasteiger partial charge on any atom is -0.334 e. The van der Waals surface area contributed by atoms with Crippen molar-refractivity contribution in [3.63, 3.8) is 0 Å². The van der Waals surface area contributed by atoms with Crippen LogP contribution < -0.4 is 10.6 Å². The quantitative estimate of drug-likeness (QED) is 0.827. The van der Waals surface area contributed by atoms with E-state index in [2.05, 4.69) is 22.5 Å². The van der Waals surface area contributed by atoms with Crippen molar-refractivity contribution in [3.05, 3.63) is 54.4 Å². The van der Waals surface area contributed by atoms with Gasteiger partial charge in [-0.2, -0.15) is 0 Å². The summed E-state index contributed by atoms with van der Waals surface area (Å²) in [6.45, 7) is 2.55. The molecule has 1 aromatic carbocycles. The van der Waals surface area contributed by atoms with Crippen LogP contribution in [0.15, 0.2) is 53.7 Å². The van der Waals surface area contributed by atoms with Crippen molar-refractivity contribution in [2.75, 3.05) is 11.1 Å². The molecule has 0 atom stereocenters. The number of nitrogens with one attached hydrogen (secondary N) is 2. The van der Waals surface area contributed by atoms with Gasteiger partial charge in [-0.3, -0.25) is 4.98 Å². The molecule has 1 heterocycles. The van der Waals surface area contributed by atoms with E-state index < -0.39 is 0 Å². The van der Waals surface area contributed by atoms with Crippen LogP contribution in [-0.2, 0) is 6.54 Å². The second-order valence-electron chi connectivity index (χ2n) is 4.10. The number of amides is 2. The number of carbonyl (C=O) groups excluding carboxylic acids is 1. The Labute approximate surface area is 123 Å². The smallest absolute Gasteiger partial charge is 0.319 e. The molecule has 0 spiro atoms. The van der Waals surface area contributed by atoms with Crippen LogP contribution in [0.4, 0.5) is 10.5 Å². The molecule has 0 bridgehead atoms. The number of anilines is 1. The molecule has 2 amide bonds. The van der Waals surface area contributed by atoms with Crippen LogP contribution in [0.25, 0.3) is 0 Å². The largest absolute Gasteiger partial charge is 0.334 e. The van der Waals surface area contributed by atoms with Crippen LogP contribution in [0.1, 0.15) is 12.5 Å². The Morgan fingerprint density at radius 2 is 2.10 bits per heavy atom. The van der Waals surface area contributed by atoms with Crippen molar-refractivity contribution >= 4 is 23.5 Å². The Bertz CT molecular complexity index is 560.